The minimum atomic E-state index is 0.488. The molecule has 5 nitrogen and oxygen atoms in total. The van der Waals surface area contributed by atoms with Crippen LogP contribution < -0.4 is 0 Å². The summed E-state index contributed by atoms with van der Waals surface area (Å²) >= 11 is 2.21. The van der Waals surface area contributed by atoms with Gasteiger partial charge in [0, 0.05) is 11.8 Å². The average molecular weight is 366 g/mol. The number of benzene rings is 1. The number of hydrogen-bond acceptors (Lipinski definition) is 4. The molecule has 6 heteroatoms. The minimum absolute atomic E-state index is 0.488. The Kier molecular flexibility index (Phi) is 3.33. The van der Waals surface area contributed by atoms with Crippen molar-refractivity contribution < 1.29 is 4.52 Å². The lowest BCUT2D eigenvalue weighted by atomic mass is 10.1. The molecule has 2 heterocycles. The summed E-state index contributed by atoms with van der Waals surface area (Å²) in [5.41, 5.74) is 2.16. The first kappa shape index (κ1) is 12.3. The van der Waals surface area contributed by atoms with E-state index in [9.17, 15) is 0 Å². The largest absolute Gasteiger partial charge is 0.337 e. The fourth-order valence-electron chi connectivity index (χ4n) is 1.70. The summed E-state index contributed by atoms with van der Waals surface area (Å²) in [6, 6.07) is 8.03. The number of aromatic nitrogens is 4. The van der Waals surface area contributed by atoms with Gasteiger partial charge in [0.1, 0.15) is 6.54 Å². The van der Waals surface area contributed by atoms with Gasteiger partial charge in [-0.1, -0.05) is 35.0 Å². The van der Waals surface area contributed by atoms with Crippen molar-refractivity contribution in [1.82, 2.24) is 19.9 Å². The molecule has 0 saturated heterocycles. The Morgan fingerprint density at radius 1 is 1.26 bits per heavy atom. The molecule has 3 aromatic rings. The standard InChI is InChI=1S/C13H11IN4O/c1-9-2-4-10(5-3-9)13-16-12(19-17-13)8-18-7-11(14)6-15-18/h2-7H,8H2,1H3. The average Bonchev–Trinajstić information content (AvgIpc) is 3.00. The maximum absolute atomic E-state index is 5.24. The third-order valence-electron chi connectivity index (χ3n) is 2.68. The van der Waals surface area contributed by atoms with Gasteiger partial charge < -0.3 is 4.52 Å². The van der Waals surface area contributed by atoms with Crippen LogP contribution in [0.4, 0.5) is 0 Å². The Morgan fingerprint density at radius 2 is 2.05 bits per heavy atom. The second-order valence-electron chi connectivity index (χ2n) is 4.23. The summed E-state index contributed by atoms with van der Waals surface area (Å²) in [7, 11) is 0. The van der Waals surface area contributed by atoms with Crippen LogP contribution in [0, 0.1) is 10.5 Å². The van der Waals surface area contributed by atoms with E-state index >= 15 is 0 Å². The van der Waals surface area contributed by atoms with E-state index in [4.69, 9.17) is 4.52 Å². The molecule has 0 aliphatic heterocycles. The van der Waals surface area contributed by atoms with Crippen LogP contribution >= 0.6 is 22.6 Å². The van der Waals surface area contributed by atoms with Crippen molar-refractivity contribution in [3.05, 3.63) is 51.7 Å². The van der Waals surface area contributed by atoms with Gasteiger partial charge in [-0.3, -0.25) is 4.68 Å². The van der Waals surface area contributed by atoms with Gasteiger partial charge in [0.05, 0.1) is 9.77 Å². The molecule has 0 unspecified atom stereocenters. The molecule has 2 aromatic heterocycles. The van der Waals surface area contributed by atoms with E-state index in [0.29, 0.717) is 18.3 Å². The molecule has 96 valence electrons. The van der Waals surface area contributed by atoms with Crippen LogP contribution in [0.3, 0.4) is 0 Å². The first-order valence-electron chi connectivity index (χ1n) is 5.78. The predicted molar refractivity (Wildman–Crippen MR) is 78.5 cm³/mol. The third kappa shape index (κ3) is 2.83. The van der Waals surface area contributed by atoms with Gasteiger partial charge in [0.25, 0.3) is 0 Å². The molecule has 0 fully saturated rings. The zero-order valence-corrected chi connectivity index (χ0v) is 12.4. The van der Waals surface area contributed by atoms with Crippen molar-refractivity contribution in [2.24, 2.45) is 0 Å². The number of halogens is 1. The number of aryl methyl sites for hydroxylation is 1. The Bertz CT molecular complexity index is 687. The van der Waals surface area contributed by atoms with Gasteiger partial charge in [-0.2, -0.15) is 10.1 Å². The molecular weight excluding hydrogens is 355 g/mol. The molecule has 0 spiro atoms. The van der Waals surface area contributed by atoms with Gasteiger partial charge in [-0.25, -0.2) is 0 Å². The van der Waals surface area contributed by atoms with Crippen LogP contribution in [0.1, 0.15) is 11.5 Å². The Balaban J connectivity index is 1.81. The molecule has 0 aliphatic carbocycles. The second-order valence-corrected chi connectivity index (χ2v) is 5.48. The predicted octanol–water partition coefficient (Wildman–Crippen LogP) is 2.89. The Morgan fingerprint density at radius 3 is 2.74 bits per heavy atom. The smallest absolute Gasteiger partial charge is 0.248 e. The summed E-state index contributed by atoms with van der Waals surface area (Å²) in [4.78, 5) is 4.37. The van der Waals surface area contributed by atoms with E-state index in [1.54, 1.807) is 10.9 Å². The summed E-state index contributed by atoms with van der Waals surface area (Å²) in [5.74, 6) is 1.16. The molecule has 0 radical (unpaired) electrons. The zero-order chi connectivity index (χ0) is 13.2. The van der Waals surface area contributed by atoms with Crippen molar-refractivity contribution >= 4 is 22.6 Å². The van der Waals surface area contributed by atoms with Gasteiger partial charge in [-0.15, -0.1) is 0 Å². The van der Waals surface area contributed by atoms with Crippen molar-refractivity contribution in [2.75, 3.05) is 0 Å². The monoisotopic (exact) mass is 366 g/mol. The molecule has 1 aromatic carbocycles. The van der Waals surface area contributed by atoms with Crippen molar-refractivity contribution in [3.8, 4) is 11.4 Å². The van der Waals surface area contributed by atoms with Gasteiger partial charge >= 0.3 is 0 Å². The highest BCUT2D eigenvalue weighted by Gasteiger charge is 2.09. The molecule has 0 amide bonds. The molecule has 19 heavy (non-hydrogen) atoms. The minimum Gasteiger partial charge on any atom is -0.337 e. The summed E-state index contributed by atoms with van der Waals surface area (Å²) < 4.78 is 8.09. The summed E-state index contributed by atoms with van der Waals surface area (Å²) in [6.07, 6.45) is 3.72. The van der Waals surface area contributed by atoms with Gasteiger partial charge in [0.2, 0.25) is 11.7 Å². The van der Waals surface area contributed by atoms with Crippen LogP contribution in [-0.2, 0) is 6.54 Å². The zero-order valence-electron chi connectivity index (χ0n) is 10.2. The normalized spacial score (nSPS) is 10.8. The molecule has 0 saturated carbocycles. The van der Waals surface area contributed by atoms with E-state index in [1.165, 1.54) is 5.56 Å². The third-order valence-corrected chi connectivity index (χ3v) is 3.23. The first-order chi connectivity index (χ1) is 9.20. The summed E-state index contributed by atoms with van der Waals surface area (Å²) in [6.45, 7) is 2.53. The SMILES string of the molecule is Cc1ccc(-c2noc(Cn3cc(I)cn3)n2)cc1. The quantitative estimate of drug-likeness (QED) is 0.669. The number of nitrogens with zero attached hydrogens (tertiary/aromatic N) is 4. The first-order valence-corrected chi connectivity index (χ1v) is 6.86. The Hall–Kier alpha value is -1.70. The van der Waals surface area contributed by atoms with E-state index in [0.717, 1.165) is 9.13 Å². The lowest BCUT2D eigenvalue weighted by molar-refractivity contribution is 0.366. The van der Waals surface area contributed by atoms with E-state index in [2.05, 4.69) is 37.8 Å². The van der Waals surface area contributed by atoms with Crippen molar-refractivity contribution in [1.29, 1.82) is 0 Å². The lowest BCUT2D eigenvalue weighted by Crippen LogP contribution is -1.99. The van der Waals surface area contributed by atoms with E-state index in [1.807, 2.05) is 37.4 Å². The van der Waals surface area contributed by atoms with E-state index < -0.39 is 0 Å². The fraction of sp³-hybridized carbons (Fsp3) is 0.154. The van der Waals surface area contributed by atoms with Crippen LogP contribution in [0.25, 0.3) is 11.4 Å². The van der Waals surface area contributed by atoms with Crippen molar-refractivity contribution in [2.45, 2.75) is 13.5 Å². The molecule has 0 atom stereocenters. The van der Waals surface area contributed by atoms with Gasteiger partial charge in [0.15, 0.2) is 0 Å². The highest BCUT2D eigenvalue weighted by molar-refractivity contribution is 14.1. The molecular formula is C13H11IN4O. The van der Waals surface area contributed by atoms with Gasteiger partial charge in [-0.05, 0) is 29.5 Å². The lowest BCUT2D eigenvalue weighted by Gasteiger charge is -1.95. The van der Waals surface area contributed by atoms with Crippen LogP contribution in [0.5, 0.6) is 0 Å². The van der Waals surface area contributed by atoms with Crippen molar-refractivity contribution in [3.63, 3.8) is 0 Å². The second kappa shape index (κ2) is 5.12. The molecule has 0 aliphatic rings. The maximum Gasteiger partial charge on any atom is 0.248 e. The highest BCUT2D eigenvalue weighted by Crippen LogP contribution is 2.16. The molecule has 0 N–H and O–H groups in total. The highest BCUT2D eigenvalue weighted by atomic mass is 127. The van der Waals surface area contributed by atoms with E-state index in [-0.39, 0.29) is 0 Å². The van der Waals surface area contributed by atoms with Crippen LogP contribution in [-0.4, -0.2) is 19.9 Å². The molecule has 3 rings (SSSR count). The summed E-state index contributed by atoms with van der Waals surface area (Å²) in [5, 5.41) is 8.18. The number of rotatable bonds is 3. The fourth-order valence-corrected chi connectivity index (χ4v) is 2.15. The Labute approximate surface area is 123 Å². The topological polar surface area (TPSA) is 56.7 Å². The maximum atomic E-state index is 5.24. The van der Waals surface area contributed by atoms with Crippen LogP contribution in [0.2, 0.25) is 0 Å². The molecule has 0 bridgehead atoms. The van der Waals surface area contributed by atoms with Crippen LogP contribution in [0.15, 0.2) is 41.2 Å². The number of hydrogen-bond donors (Lipinski definition) is 0.